The van der Waals surface area contributed by atoms with E-state index in [4.69, 9.17) is 9.68 Å². The second kappa shape index (κ2) is 3.61. The predicted octanol–water partition coefficient (Wildman–Crippen LogP) is 1.49. The lowest BCUT2D eigenvalue weighted by molar-refractivity contribution is 0.584. The van der Waals surface area contributed by atoms with Crippen molar-refractivity contribution < 1.29 is 12.8 Å². The Morgan fingerprint density at radius 2 is 2.25 bits per heavy atom. The number of nitrogens with zero attached hydrogens (tertiary/aromatic N) is 2. The molecular formula is C10H8N2O3S. The fraction of sp³-hybridized carbons (Fsp3) is 0.200. The second-order valence-corrected chi connectivity index (χ2v) is 5.44. The van der Waals surface area contributed by atoms with Gasteiger partial charge in [0.05, 0.1) is 10.6 Å². The van der Waals surface area contributed by atoms with Crippen molar-refractivity contribution in [2.24, 2.45) is 0 Å². The number of oxazole rings is 1. The first kappa shape index (κ1) is 10.6. The minimum Gasteiger partial charge on any atom is -0.428 e. The number of nitriles is 1. The first-order valence-electron chi connectivity index (χ1n) is 4.60. The molecule has 1 aromatic heterocycles. The molecule has 0 amide bonds. The lowest BCUT2D eigenvalue weighted by Gasteiger charge is -1.99. The fourth-order valence-electron chi connectivity index (χ4n) is 1.32. The average Bonchev–Trinajstić information content (AvgIpc) is 2.70. The minimum atomic E-state index is -3.25. The maximum atomic E-state index is 11.6. The van der Waals surface area contributed by atoms with E-state index in [-0.39, 0.29) is 16.5 Å². The summed E-state index contributed by atoms with van der Waals surface area (Å²) in [6.07, 6.45) is 0. The smallest absolute Gasteiger partial charge is 0.301 e. The summed E-state index contributed by atoms with van der Waals surface area (Å²) < 4.78 is 28.2. The van der Waals surface area contributed by atoms with Crippen LogP contribution in [-0.4, -0.2) is 19.2 Å². The van der Waals surface area contributed by atoms with Crippen LogP contribution in [0.4, 0.5) is 0 Å². The molecule has 0 radical (unpaired) electrons. The van der Waals surface area contributed by atoms with Gasteiger partial charge in [-0.15, -0.1) is 0 Å². The highest BCUT2D eigenvalue weighted by Crippen LogP contribution is 2.20. The average molecular weight is 236 g/mol. The number of rotatable bonds is 2. The van der Waals surface area contributed by atoms with E-state index in [0.717, 1.165) is 0 Å². The van der Waals surface area contributed by atoms with Crippen LogP contribution in [0.15, 0.2) is 27.5 Å². The van der Waals surface area contributed by atoms with Crippen molar-refractivity contribution in [1.29, 1.82) is 5.26 Å². The molecule has 1 heterocycles. The molecule has 2 aromatic rings. The van der Waals surface area contributed by atoms with Crippen LogP contribution < -0.4 is 0 Å². The predicted molar refractivity (Wildman–Crippen MR) is 56.5 cm³/mol. The molecule has 82 valence electrons. The Kier molecular flexibility index (Phi) is 2.40. The molecule has 0 N–H and O–H groups in total. The van der Waals surface area contributed by atoms with Crippen LogP contribution in [0.3, 0.4) is 0 Å². The number of benzene rings is 1. The van der Waals surface area contributed by atoms with Crippen molar-refractivity contribution in [2.45, 2.75) is 11.8 Å². The molecule has 6 heteroatoms. The van der Waals surface area contributed by atoms with E-state index in [1.165, 1.54) is 18.2 Å². The Balaban J connectivity index is 2.66. The third kappa shape index (κ3) is 1.66. The summed E-state index contributed by atoms with van der Waals surface area (Å²) in [5.74, 6) is -0.0392. The van der Waals surface area contributed by atoms with Crippen LogP contribution in [-0.2, 0) is 9.84 Å². The zero-order chi connectivity index (χ0) is 11.8. The van der Waals surface area contributed by atoms with Crippen LogP contribution in [0.25, 0.3) is 11.1 Å². The van der Waals surface area contributed by atoms with Crippen LogP contribution in [0.5, 0.6) is 0 Å². The highest BCUT2D eigenvalue weighted by molar-refractivity contribution is 7.91. The lowest BCUT2D eigenvalue weighted by Crippen LogP contribution is -2.03. The molecule has 0 saturated carbocycles. The van der Waals surface area contributed by atoms with Crippen molar-refractivity contribution in [3.63, 3.8) is 0 Å². The normalized spacial score (nSPS) is 11.5. The van der Waals surface area contributed by atoms with Crippen LogP contribution in [0.2, 0.25) is 0 Å². The summed E-state index contributed by atoms with van der Waals surface area (Å²) in [5, 5.41) is 8.59. The van der Waals surface area contributed by atoms with Crippen molar-refractivity contribution in [1.82, 2.24) is 4.98 Å². The third-order valence-electron chi connectivity index (χ3n) is 2.19. The van der Waals surface area contributed by atoms with Crippen molar-refractivity contribution in [2.75, 3.05) is 5.75 Å². The summed E-state index contributed by atoms with van der Waals surface area (Å²) in [4.78, 5) is 4.04. The van der Waals surface area contributed by atoms with Gasteiger partial charge < -0.3 is 4.42 Å². The molecule has 16 heavy (non-hydrogen) atoms. The number of aromatic nitrogens is 1. The van der Waals surface area contributed by atoms with E-state index < -0.39 is 9.84 Å². The number of hydrogen-bond donors (Lipinski definition) is 0. The fourth-order valence-corrected chi connectivity index (χ4v) is 2.22. The van der Waals surface area contributed by atoms with Gasteiger partial charge in [-0.3, -0.25) is 0 Å². The molecule has 1 aromatic carbocycles. The molecule has 0 fully saturated rings. The van der Waals surface area contributed by atoms with E-state index in [1.54, 1.807) is 13.0 Å². The Hall–Kier alpha value is -1.87. The van der Waals surface area contributed by atoms with Gasteiger partial charge in [0.2, 0.25) is 0 Å². The standard InChI is InChI=1S/C10H8N2O3S/c1-2-16(13,14)7-3-4-9-8(5-7)12-10(6-11)15-9/h3-5H,2H2,1H3. The van der Waals surface area contributed by atoms with Crippen molar-refractivity contribution in [3.05, 3.63) is 24.1 Å². The Bertz CT molecular complexity index is 680. The van der Waals surface area contributed by atoms with Gasteiger partial charge in [-0.25, -0.2) is 8.42 Å². The van der Waals surface area contributed by atoms with Gasteiger partial charge in [-0.05, 0) is 18.2 Å². The molecule has 0 bridgehead atoms. The summed E-state index contributed by atoms with van der Waals surface area (Å²) in [5.41, 5.74) is 0.790. The summed E-state index contributed by atoms with van der Waals surface area (Å²) in [6, 6.07) is 6.13. The van der Waals surface area contributed by atoms with Gasteiger partial charge in [0.15, 0.2) is 21.5 Å². The second-order valence-electron chi connectivity index (χ2n) is 3.16. The summed E-state index contributed by atoms with van der Waals surface area (Å²) >= 11 is 0. The van der Waals surface area contributed by atoms with E-state index in [9.17, 15) is 8.42 Å². The quantitative estimate of drug-likeness (QED) is 0.788. The Labute approximate surface area is 92.2 Å². The molecule has 0 spiro atoms. The monoisotopic (exact) mass is 236 g/mol. The first-order valence-corrected chi connectivity index (χ1v) is 6.25. The van der Waals surface area contributed by atoms with Crippen molar-refractivity contribution in [3.8, 4) is 6.07 Å². The van der Waals surface area contributed by atoms with Gasteiger partial charge >= 0.3 is 5.89 Å². The molecular weight excluding hydrogens is 228 g/mol. The topological polar surface area (TPSA) is 84.0 Å². The Morgan fingerprint density at radius 3 is 2.88 bits per heavy atom. The SMILES string of the molecule is CCS(=O)(=O)c1ccc2oc(C#N)nc2c1. The molecule has 2 rings (SSSR count). The first-order chi connectivity index (χ1) is 7.56. The Morgan fingerprint density at radius 1 is 1.50 bits per heavy atom. The number of hydrogen-bond acceptors (Lipinski definition) is 5. The molecule has 0 aliphatic rings. The van der Waals surface area contributed by atoms with E-state index in [0.29, 0.717) is 11.1 Å². The number of sulfone groups is 1. The van der Waals surface area contributed by atoms with Crippen LogP contribution >= 0.6 is 0 Å². The number of fused-ring (bicyclic) bond motifs is 1. The van der Waals surface area contributed by atoms with Crippen LogP contribution in [0, 0.1) is 11.3 Å². The maximum absolute atomic E-state index is 11.6. The summed E-state index contributed by atoms with van der Waals surface area (Å²) in [7, 11) is -3.25. The van der Waals surface area contributed by atoms with E-state index in [1.807, 2.05) is 0 Å². The van der Waals surface area contributed by atoms with Gasteiger partial charge in [0.25, 0.3) is 0 Å². The maximum Gasteiger partial charge on any atom is 0.301 e. The van der Waals surface area contributed by atoms with Crippen molar-refractivity contribution >= 4 is 20.9 Å². The highest BCUT2D eigenvalue weighted by atomic mass is 32.2. The molecule has 0 aliphatic heterocycles. The zero-order valence-corrected chi connectivity index (χ0v) is 9.28. The lowest BCUT2D eigenvalue weighted by atomic mass is 10.3. The van der Waals surface area contributed by atoms with Crippen LogP contribution in [0.1, 0.15) is 12.8 Å². The molecule has 0 atom stereocenters. The molecule has 0 saturated heterocycles. The third-order valence-corrected chi connectivity index (χ3v) is 3.93. The van der Waals surface area contributed by atoms with Gasteiger partial charge in [0.1, 0.15) is 5.52 Å². The largest absolute Gasteiger partial charge is 0.428 e. The zero-order valence-electron chi connectivity index (χ0n) is 8.47. The van der Waals surface area contributed by atoms with E-state index in [2.05, 4.69) is 4.98 Å². The molecule has 5 nitrogen and oxygen atoms in total. The van der Waals surface area contributed by atoms with Gasteiger partial charge in [-0.2, -0.15) is 10.2 Å². The molecule has 0 aliphatic carbocycles. The van der Waals surface area contributed by atoms with Gasteiger partial charge in [0, 0.05) is 0 Å². The highest BCUT2D eigenvalue weighted by Gasteiger charge is 2.14. The minimum absolute atomic E-state index is 0.0292. The molecule has 0 unspecified atom stereocenters. The summed E-state index contributed by atoms with van der Waals surface area (Å²) in [6.45, 7) is 1.57. The van der Waals surface area contributed by atoms with Gasteiger partial charge in [-0.1, -0.05) is 6.92 Å². The van der Waals surface area contributed by atoms with E-state index >= 15 is 0 Å².